The molecule has 1 heterocycles. The predicted octanol–water partition coefficient (Wildman–Crippen LogP) is 0.979. The Morgan fingerprint density at radius 2 is 2.05 bits per heavy atom. The van der Waals surface area contributed by atoms with Crippen molar-refractivity contribution in [2.75, 3.05) is 13.1 Å². The molecule has 0 bridgehead atoms. The molecule has 1 aliphatic rings. The molecular formula is C13H17N3O2S. The summed E-state index contributed by atoms with van der Waals surface area (Å²) in [5.41, 5.74) is -0.0782. The fraction of sp³-hybridized carbons (Fsp3) is 0.462. The van der Waals surface area contributed by atoms with Crippen LogP contribution in [0, 0.1) is 11.3 Å². The van der Waals surface area contributed by atoms with E-state index in [1.165, 1.54) is 12.1 Å². The molecular weight excluding hydrogens is 262 g/mol. The van der Waals surface area contributed by atoms with Gasteiger partial charge >= 0.3 is 0 Å². The number of nitrogens with one attached hydrogen (secondary N) is 2. The van der Waals surface area contributed by atoms with Crippen LogP contribution in [0.2, 0.25) is 0 Å². The molecule has 1 aliphatic heterocycles. The molecule has 0 aromatic heterocycles. The lowest BCUT2D eigenvalue weighted by atomic mass is 9.92. The van der Waals surface area contributed by atoms with Gasteiger partial charge in [-0.15, -0.1) is 0 Å². The second-order valence-electron chi connectivity index (χ2n) is 5.06. The second-order valence-corrected chi connectivity index (χ2v) is 6.74. The topological polar surface area (TPSA) is 82.0 Å². The first-order chi connectivity index (χ1) is 8.95. The first-order valence-corrected chi connectivity index (χ1v) is 7.68. The van der Waals surface area contributed by atoms with Crippen LogP contribution in [0.5, 0.6) is 0 Å². The number of benzene rings is 1. The van der Waals surface area contributed by atoms with E-state index in [0.29, 0.717) is 5.56 Å². The zero-order valence-corrected chi connectivity index (χ0v) is 11.6. The summed E-state index contributed by atoms with van der Waals surface area (Å²) >= 11 is 0. The Labute approximate surface area is 113 Å². The molecule has 1 fully saturated rings. The van der Waals surface area contributed by atoms with Crippen LogP contribution in [0.4, 0.5) is 0 Å². The largest absolute Gasteiger partial charge is 0.317 e. The standard InChI is InChI=1S/C13H17N3O2S/c1-13(5-7-15-8-6-13)16-19(17,18)12-4-2-3-11(9-12)10-14/h2-4,9,15-16H,5-8H2,1H3. The Morgan fingerprint density at radius 3 is 2.68 bits per heavy atom. The van der Waals surface area contributed by atoms with E-state index in [0.717, 1.165) is 25.9 Å². The Balaban J connectivity index is 2.25. The van der Waals surface area contributed by atoms with Crippen LogP contribution in [0.15, 0.2) is 29.2 Å². The number of hydrogen-bond acceptors (Lipinski definition) is 4. The van der Waals surface area contributed by atoms with Crippen molar-refractivity contribution >= 4 is 10.0 Å². The highest BCUT2D eigenvalue weighted by molar-refractivity contribution is 7.89. The fourth-order valence-corrected chi connectivity index (χ4v) is 3.71. The highest BCUT2D eigenvalue weighted by Crippen LogP contribution is 2.21. The SMILES string of the molecule is CC1(NS(=O)(=O)c2cccc(C#N)c2)CCNCC1. The average molecular weight is 279 g/mol. The minimum atomic E-state index is -3.58. The van der Waals surface area contributed by atoms with Crippen LogP contribution in [-0.2, 0) is 10.0 Å². The van der Waals surface area contributed by atoms with Gasteiger partial charge in [0.05, 0.1) is 16.5 Å². The quantitative estimate of drug-likeness (QED) is 0.864. The molecule has 2 rings (SSSR count). The molecule has 19 heavy (non-hydrogen) atoms. The van der Waals surface area contributed by atoms with E-state index < -0.39 is 15.6 Å². The minimum Gasteiger partial charge on any atom is -0.317 e. The van der Waals surface area contributed by atoms with E-state index in [-0.39, 0.29) is 4.90 Å². The first-order valence-electron chi connectivity index (χ1n) is 6.20. The third kappa shape index (κ3) is 3.32. The first kappa shape index (κ1) is 14.0. The smallest absolute Gasteiger partial charge is 0.241 e. The van der Waals surface area contributed by atoms with Crippen molar-refractivity contribution in [2.45, 2.75) is 30.2 Å². The lowest BCUT2D eigenvalue weighted by Crippen LogP contribution is -2.52. The molecule has 0 unspecified atom stereocenters. The van der Waals surface area contributed by atoms with E-state index in [2.05, 4.69) is 10.0 Å². The third-order valence-corrected chi connectivity index (χ3v) is 5.00. The van der Waals surface area contributed by atoms with Crippen LogP contribution in [0.3, 0.4) is 0 Å². The molecule has 1 aromatic rings. The number of piperidine rings is 1. The number of hydrogen-bond donors (Lipinski definition) is 2. The van der Waals surface area contributed by atoms with Crippen molar-refractivity contribution in [2.24, 2.45) is 0 Å². The van der Waals surface area contributed by atoms with Crippen LogP contribution in [-0.4, -0.2) is 27.0 Å². The third-order valence-electron chi connectivity index (χ3n) is 3.36. The molecule has 102 valence electrons. The van der Waals surface area contributed by atoms with Gasteiger partial charge in [-0.2, -0.15) is 5.26 Å². The lowest BCUT2D eigenvalue weighted by Gasteiger charge is -2.34. The van der Waals surface area contributed by atoms with Crippen molar-refractivity contribution in [1.82, 2.24) is 10.0 Å². The fourth-order valence-electron chi connectivity index (χ4n) is 2.20. The van der Waals surface area contributed by atoms with Gasteiger partial charge in [0.15, 0.2) is 0 Å². The maximum atomic E-state index is 12.3. The predicted molar refractivity (Wildman–Crippen MR) is 72.0 cm³/mol. The zero-order chi connectivity index (χ0) is 13.9. The molecule has 1 aromatic carbocycles. The summed E-state index contributed by atoms with van der Waals surface area (Å²) in [7, 11) is -3.58. The van der Waals surface area contributed by atoms with E-state index in [9.17, 15) is 8.42 Å². The second kappa shape index (κ2) is 5.29. The van der Waals surface area contributed by atoms with Gasteiger partial charge in [0.25, 0.3) is 0 Å². The van der Waals surface area contributed by atoms with E-state index in [1.54, 1.807) is 12.1 Å². The molecule has 0 saturated carbocycles. The van der Waals surface area contributed by atoms with Crippen molar-refractivity contribution in [3.8, 4) is 6.07 Å². The monoisotopic (exact) mass is 279 g/mol. The number of nitrogens with zero attached hydrogens (tertiary/aromatic N) is 1. The van der Waals surface area contributed by atoms with Gasteiger partial charge in [0.1, 0.15) is 0 Å². The van der Waals surface area contributed by atoms with Crippen LogP contribution < -0.4 is 10.0 Å². The van der Waals surface area contributed by atoms with E-state index >= 15 is 0 Å². The average Bonchev–Trinajstić information content (AvgIpc) is 2.38. The van der Waals surface area contributed by atoms with Crippen LogP contribution >= 0.6 is 0 Å². The maximum Gasteiger partial charge on any atom is 0.241 e. The number of rotatable bonds is 3. The molecule has 0 atom stereocenters. The van der Waals surface area contributed by atoms with Crippen molar-refractivity contribution in [1.29, 1.82) is 5.26 Å². The summed E-state index contributed by atoms with van der Waals surface area (Å²) in [6, 6.07) is 8.02. The van der Waals surface area contributed by atoms with Crippen molar-refractivity contribution in [3.05, 3.63) is 29.8 Å². The normalized spacial score (nSPS) is 18.7. The van der Waals surface area contributed by atoms with Gasteiger partial charge in [0, 0.05) is 5.54 Å². The summed E-state index contributed by atoms with van der Waals surface area (Å²) in [5, 5.41) is 12.0. The van der Waals surface area contributed by atoms with Gasteiger partial charge < -0.3 is 5.32 Å². The van der Waals surface area contributed by atoms with Gasteiger partial charge in [-0.1, -0.05) is 6.07 Å². The zero-order valence-electron chi connectivity index (χ0n) is 10.8. The molecule has 1 saturated heterocycles. The van der Waals surface area contributed by atoms with Crippen LogP contribution in [0.25, 0.3) is 0 Å². The van der Waals surface area contributed by atoms with Crippen LogP contribution in [0.1, 0.15) is 25.3 Å². The van der Waals surface area contributed by atoms with Gasteiger partial charge in [0.2, 0.25) is 10.0 Å². The summed E-state index contributed by atoms with van der Waals surface area (Å²) < 4.78 is 27.4. The molecule has 0 amide bonds. The maximum absolute atomic E-state index is 12.3. The Bertz CT molecular complexity index is 599. The van der Waals surface area contributed by atoms with Gasteiger partial charge in [-0.25, -0.2) is 13.1 Å². The number of sulfonamides is 1. The van der Waals surface area contributed by atoms with Crippen molar-refractivity contribution in [3.63, 3.8) is 0 Å². The lowest BCUT2D eigenvalue weighted by molar-refractivity contribution is 0.308. The number of nitriles is 1. The Kier molecular flexibility index (Phi) is 3.90. The van der Waals surface area contributed by atoms with E-state index in [1.807, 2.05) is 13.0 Å². The molecule has 2 N–H and O–H groups in total. The summed E-state index contributed by atoms with van der Waals surface area (Å²) in [6.45, 7) is 3.52. The molecule has 6 heteroatoms. The summed E-state index contributed by atoms with van der Waals surface area (Å²) in [6.07, 6.45) is 1.51. The minimum absolute atomic E-state index is 0.145. The highest BCUT2D eigenvalue weighted by Gasteiger charge is 2.32. The Hall–Kier alpha value is -1.42. The molecule has 0 aliphatic carbocycles. The molecule has 0 radical (unpaired) electrons. The van der Waals surface area contributed by atoms with Crippen molar-refractivity contribution < 1.29 is 8.42 Å². The summed E-state index contributed by atoms with van der Waals surface area (Å²) in [4.78, 5) is 0.145. The highest BCUT2D eigenvalue weighted by atomic mass is 32.2. The summed E-state index contributed by atoms with van der Waals surface area (Å²) in [5.74, 6) is 0. The van der Waals surface area contributed by atoms with E-state index in [4.69, 9.17) is 5.26 Å². The molecule has 0 spiro atoms. The molecule has 5 nitrogen and oxygen atoms in total. The van der Waals surface area contributed by atoms with Gasteiger partial charge in [-0.3, -0.25) is 0 Å². The van der Waals surface area contributed by atoms with Gasteiger partial charge in [-0.05, 0) is 51.1 Å². The Morgan fingerprint density at radius 1 is 1.37 bits per heavy atom.